The van der Waals surface area contributed by atoms with Crippen LogP contribution in [-0.2, 0) is 0 Å². The van der Waals surface area contributed by atoms with Gasteiger partial charge in [0.2, 0.25) is 5.89 Å². The van der Waals surface area contributed by atoms with Crippen LogP contribution in [0.1, 0.15) is 11.5 Å². The lowest BCUT2D eigenvalue weighted by molar-refractivity contribution is -0.384. The highest BCUT2D eigenvalue weighted by Crippen LogP contribution is 2.21. The molecule has 0 saturated heterocycles. The molecule has 0 atom stereocenters. The number of benzene rings is 2. The van der Waals surface area contributed by atoms with Gasteiger partial charge >= 0.3 is 0 Å². The molecule has 6 heteroatoms. The predicted molar refractivity (Wildman–Crippen MR) is 77.6 cm³/mol. The molecule has 0 radical (unpaired) electrons. The quantitative estimate of drug-likeness (QED) is 0.448. The number of rotatable bonds is 3. The molecule has 3 rings (SSSR count). The van der Waals surface area contributed by atoms with Crippen LogP contribution in [0.25, 0.3) is 22.9 Å². The van der Waals surface area contributed by atoms with Crippen LogP contribution in [0, 0.1) is 10.1 Å². The second kappa shape index (κ2) is 5.09. The van der Waals surface area contributed by atoms with Gasteiger partial charge in [0.15, 0.2) is 5.58 Å². The Morgan fingerprint density at radius 2 is 1.90 bits per heavy atom. The van der Waals surface area contributed by atoms with E-state index in [1.54, 1.807) is 12.1 Å². The van der Waals surface area contributed by atoms with Crippen LogP contribution in [0.4, 0.5) is 5.69 Å². The third-order valence-electron chi connectivity index (χ3n) is 2.94. The van der Waals surface area contributed by atoms with Crippen LogP contribution in [0.15, 0.2) is 52.9 Å². The molecular formula is C15H10N2O4. The fourth-order valence-corrected chi connectivity index (χ4v) is 1.91. The average molecular weight is 282 g/mol. The molecule has 0 bridgehead atoms. The van der Waals surface area contributed by atoms with Crippen LogP contribution in [-0.4, -0.2) is 15.0 Å². The van der Waals surface area contributed by atoms with Crippen LogP contribution in [0.5, 0.6) is 0 Å². The van der Waals surface area contributed by atoms with E-state index in [4.69, 9.17) is 4.42 Å². The summed E-state index contributed by atoms with van der Waals surface area (Å²) in [6.45, 7) is 0. The van der Waals surface area contributed by atoms with E-state index in [2.05, 4.69) is 4.98 Å². The number of aromatic nitrogens is 1. The minimum absolute atomic E-state index is 0.0339. The lowest BCUT2D eigenvalue weighted by Crippen LogP contribution is -1.89. The van der Waals surface area contributed by atoms with Gasteiger partial charge in [-0.3, -0.25) is 10.1 Å². The largest absolute Gasteiger partial charge is 0.507 e. The zero-order valence-corrected chi connectivity index (χ0v) is 10.8. The van der Waals surface area contributed by atoms with E-state index < -0.39 is 4.92 Å². The van der Waals surface area contributed by atoms with Gasteiger partial charge in [-0.15, -0.1) is 0 Å². The molecule has 104 valence electrons. The Kier molecular flexibility index (Phi) is 3.12. The first kappa shape index (κ1) is 12.9. The second-order valence-electron chi connectivity index (χ2n) is 4.35. The number of nitro groups is 1. The van der Waals surface area contributed by atoms with E-state index in [-0.39, 0.29) is 17.3 Å². The molecule has 0 unspecified atom stereocenters. The number of oxazole rings is 1. The summed E-state index contributed by atoms with van der Waals surface area (Å²) in [4.78, 5) is 14.3. The Labute approximate surface area is 119 Å². The maximum atomic E-state index is 10.6. The number of non-ortho nitro benzene ring substituents is 1. The first-order valence-corrected chi connectivity index (χ1v) is 6.14. The summed E-state index contributed by atoms with van der Waals surface area (Å²) in [5.74, 6) is 0.198. The molecule has 2 aromatic carbocycles. The summed E-state index contributed by atoms with van der Waals surface area (Å²) < 4.78 is 5.47. The van der Waals surface area contributed by atoms with Gasteiger partial charge in [-0.1, -0.05) is 12.1 Å². The average Bonchev–Trinajstić information content (AvgIpc) is 2.89. The number of nitrogens with zero attached hydrogens (tertiary/aromatic N) is 2. The summed E-state index contributed by atoms with van der Waals surface area (Å²) in [6, 6.07) is 12.8. The van der Waals surface area contributed by atoms with Crippen molar-refractivity contribution in [2.75, 3.05) is 0 Å². The van der Waals surface area contributed by atoms with Gasteiger partial charge < -0.3 is 9.52 Å². The first-order valence-electron chi connectivity index (χ1n) is 6.14. The van der Waals surface area contributed by atoms with Crippen LogP contribution in [0.2, 0.25) is 0 Å². The van der Waals surface area contributed by atoms with Gasteiger partial charge in [0.25, 0.3) is 5.69 Å². The van der Waals surface area contributed by atoms with Crippen molar-refractivity contribution in [2.24, 2.45) is 0 Å². The molecule has 0 saturated carbocycles. The van der Waals surface area contributed by atoms with Gasteiger partial charge in [-0.25, -0.2) is 4.98 Å². The topological polar surface area (TPSA) is 89.4 Å². The highest BCUT2D eigenvalue weighted by molar-refractivity contribution is 5.78. The van der Waals surface area contributed by atoms with E-state index in [0.717, 1.165) is 0 Å². The van der Waals surface area contributed by atoms with Gasteiger partial charge in [0, 0.05) is 23.8 Å². The van der Waals surface area contributed by atoms with Crippen LogP contribution < -0.4 is 0 Å². The van der Waals surface area contributed by atoms with E-state index in [1.165, 1.54) is 30.3 Å². The molecule has 0 spiro atoms. The first-order chi connectivity index (χ1) is 10.1. The smallest absolute Gasteiger partial charge is 0.269 e. The number of aliphatic hydroxyl groups excluding tert-OH is 1. The summed E-state index contributed by atoms with van der Waals surface area (Å²) in [6.07, 6.45) is 1.38. The molecule has 0 aliphatic heterocycles. The number of hydrogen-bond acceptors (Lipinski definition) is 5. The SMILES string of the molecule is O=[N+]([O-])c1ccc(/C(O)=C/c2nc3ccccc3o2)cc1. The van der Waals surface area contributed by atoms with E-state index in [0.29, 0.717) is 16.7 Å². The molecule has 1 N–H and O–H groups in total. The Bertz CT molecular complexity index is 801. The van der Waals surface area contributed by atoms with E-state index >= 15 is 0 Å². The normalized spacial score (nSPS) is 11.7. The molecule has 0 fully saturated rings. The molecule has 6 nitrogen and oxygen atoms in total. The molecule has 21 heavy (non-hydrogen) atoms. The molecule has 0 amide bonds. The van der Waals surface area contributed by atoms with Gasteiger partial charge in [-0.2, -0.15) is 0 Å². The summed E-state index contributed by atoms with van der Waals surface area (Å²) in [5, 5.41) is 20.6. The zero-order valence-electron chi connectivity index (χ0n) is 10.8. The van der Waals surface area contributed by atoms with Gasteiger partial charge in [0.05, 0.1) is 4.92 Å². The molecular weight excluding hydrogens is 272 g/mol. The van der Waals surface area contributed by atoms with E-state index in [1.807, 2.05) is 12.1 Å². The lowest BCUT2D eigenvalue weighted by Gasteiger charge is -1.98. The zero-order chi connectivity index (χ0) is 14.8. The van der Waals surface area contributed by atoms with Crippen LogP contribution >= 0.6 is 0 Å². The molecule has 3 aromatic rings. The predicted octanol–water partition coefficient (Wildman–Crippen LogP) is 3.79. The maximum Gasteiger partial charge on any atom is 0.269 e. The Morgan fingerprint density at radius 1 is 1.19 bits per heavy atom. The van der Waals surface area contributed by atoms with Crippen LogP contribution in [0.3, 0.4) is 0 Å². The number of aliphatic hydroxyl groups is 1. The Hall–Kier alpha value is -3.15. The third kappa shape index (κ3) is 2.59. The van der Waals surface area contributed by atoms with Crippen molar-refractivity contribution in [3.05, 3.63) is 70.1 Å². The monoisotopic (exact) mass is 282 g/mol. The number of nitro benzene ring substituents is 1. The molecule has 1 heterocycles. The second-order valence-corrected chi connectivity index (χ2v) is 4.35. The van der Waals surface area contributed by atoms with Crippen molar-refractivity contribution in [2.45, 2.75) is 0 Å². The van der Waals surface area contributed by atoms with E-state index in [9.17, 15) is 15.2 Å². The van der Waals surface area contributed by atoms with Crippen molar-refractivity contribution in [3.63, 3.8) is 0 Å². The minimum atomic E-state index is -0.495. The van der Waals surface area contributed by atoms with Crippen molar-refractivity contribution in [3.8, 4) is 0 Å². The number of para-hydroxylation sites is 2. The number of fused-ring (bicyclic) bond motifs is 1. The number of hydrogen-bond donors (Lipinski definition) is 1. The van der Waals surface area contributed by atoms with Gasteiger partial charge in [0.1, 0.15) is 11.3 Å². The lowest BCUT2D eigenvalue weighted by atomic mass is 10.1. The summed E-state index contributed by atoms with van der Waals surface area (Å²) in [7, 11) is 0. The van der Waals surface area contributed by atoms with Gasteiger partial charge in [-0.05, 0) is 24.3 Å². The fraction of sp³-hybridized carbons (Fsp3) is 0. The summed E-state index contributed by atoms with van der Waals surface area (Å²) in [5.41, 5.74) is 1.73. The summed E-state index contributed by atoms with van der Waals surface area (Å²) >= 11 is 0. The van der Waals surface area contributed by atoms with Crippen molar-refractivity contribution >= 4 is 28.6 Å². The standard InChI is InChI=1S/C15H10N2O4/c18-13(10-5-7-11(8-6-10)17(19)20)9-15-16-12-3-1-2-4-14(12)21-15/h1-9,18H/b13-9-. The van der Waals surface area contributed by atoms with Crippen molar-refractivity contribution < 1.29 is 14.4 Å². The highest BCUT2D eigenvalue weighted by Gasteiger charge is 2.08. The third-order valence-corrected chi connectivity index (χ3v) is 2.94. The molecule has 0 aliphatic carbocycles. The Morgan fingerprint density at radius 3 is 2.57 bits per heavy atom. The highest BCUT2D eigenvalue weighted by atomic mass is 16.6. The minimum Gasteiger partial charge on any atom is -0.507 e. The molecule has 1 aromatic heterocycles. The Balaban J connectivity index is 1.92. The fourth-order valence-electron chi connectivity index (χ4n) is 1.91. The molecule has 0 aliphatic rings. The van der Waals surface area contributed by atoms with Crippen molar-refractivity contribution in [1.29, 1.82) is 0 Å². The maximum absolute atomic E-state index is 10.6. The van der Waals surface area contributed by atoms with Crippen molar-refractivity contribution in [1.82, 2.24) is 4.98 Å².